The van der Waals surface area contributed by atoms with Gasteiger partial charge in [0.15, 0.2) is 5.78 Å². The predicted molar refractivity (Wildman–Crippen MR) is 96.9 cm³/mol. The number of methoxy groups -OCH3 is 1. The number of ketones is 1. The standard InChI is InChI=1S/C20H20N2O3/c1-25-13-12-22-11-10-16-17(8-5-9-18(16)22)20(24)21-14-19(23)15-6-3-2-4-7-15/h2-11H,12-14H2,1H3,(H,21,24). The summed E-state index contributed by atoms with van der Waals surface area (Å²) in [4.78, 5) is 24.7. The summed E-state index contributed by atoms with van der Waals surface area (Å²) in [5.41, 5.74) is 2.13. The summed E-state index contributed by atoms with van der Waals surface area (Å²) in [6.45, 7) is 1.30. The topological polar surface area (TPSA) is 60.3 Å². The first kappa shape index (κ1) is 16.9. The minimum atomic E-state index is -0.251. The summed E-state index contributed by atoms with van der Waals surface area (Å²) in [5, 5.41) is 3.58. The number of nitrogens with zero attached hydrogens (tertiary/aromatic N) is 1. The maximum atomic E-state index is 12.5. The number of amides is 1. The van der Waals surface area contributed by atoms with E-state index >= 15 is 0 Å². The zero-order valence-electron chi connectivity index (χ0n) is 14.1. The van der Waals surface area contributed by atoms with E-state index in [1.165, 1.54) is 0 Å². The molecule has 0 bridgehead atoms. The number of ether oxygens (including phenoxy) is 1. The second-order valence-electron chi connectivity index (χ2n) is 5.71. The van der Waals surface area contributed by atoms with E-state index in [1.807, 2.05) is 35.0 Å². The number of benzene rings is 2. The molecule has 5 heteroatoms. The van der Waals surface area contributed by atoms with Crippen LogP contribution in [-0.4, -0.2) is 36.5 Å². The van der Waals surface area contributed by atoms with Crippen molar-refractivity contribution in [3.8, 4) is 0 Å². The van der Waals surface area contributed by atoms with Gasteiger partial charge in [-0.1, -0.05) is 36.4 Å². The Morgan fingerprint density at radius 1 is 1.04 bits per heavy atom. The number of fused-ring (bicyclic) bond motifs is 1. The molecule has 1 N–H and O–H groups in total. The van der Waals surface area contributed by atoms with Crippen LogP contribution in [0.1, 0.15) is 20.7 Å². The molecule has 0 aliphatic heterocycles. The molecule has 0 aliphatic rings. The van der Waals surface area contributed by atoms with Crippen LogP contribution in [0.5, 0.6) is 0 Å². The third-order valence-corrected chi connectivity index (χ3v) is 4.10. The first-order valence-corrected chi connectivity index (χ1v) is 8.14. The molecule has 2 aromatic carbocycles. The second-order valence-corrected chi connectivity index (χ2v) is 5.71. The molecule has 0 aliphatic carbocycles. The van der Waals surface area contributed by atoms with Crippen LogP contribution in [-0.2, 0) is 11.3 Å². The number of nitrogens with one attached hydrogen (secondary N) is 1. The van der Waals surface area contributed by atoms with Gasteiger partial charge in [-0.05, 0) is 18.2 Å². The fourth-order valence-electron chi connectivity index (χ4n) is 2.79. The van der Waals surface area contributed by atoms with Crippen LogP contribution < -0.4 is 5.32 Å². The highest BCUT2D eigenvalue weighted by Crippen LogP contribution is 2.20. The van der Waals surface area contributed by atoms with E-state index in [0.717, 1.165) is 17.4 Å². The van der Waals surface area contributed by atoms with Gasteiger partial charge in [-0.3, -0.25) is 9.59 Å². The molecule has 3 rings (SSSR count). The van der Waals surface area contributed by atoms with E-state index in [-0.39, 0.29) is 18.2 Å². The van der Waals surface area contributed by atoms with Crippen LogP contribution in [0, 0.1) is 0 Å². The summed E-state index contributed by atoms with van der Waals surface area (Å²) in [5.74, 6) is -0.363. The van der Waals surface area contributed by atoms with Crippen LogP contribution in [0.4, 0.5) is 0 Å². The fraction of sp³-hybridized carbons (Fsp3) is 0.200. The summed E-state index contributed by atoms with van der Waals surface area (Å²) in [6, 6.07) is 16.4. The predicted octanol–water partition coefficient (Wildman–Crippen LogP) is 2.90. The highest BCUT2D eigenvalue weighted by atomic mass is 16.5. The zero-order chi connectivity index (χ0) is 17.6. The molecular formula is C20H20N2O3. The molecule has 5 nitrogen and oxygen atoms in total. The molecule has 128 valence electrons. The SMILES string of the molecule is COCCn1ccc2c(C(=O)NCC(=O)c3ccccc3)cccc21. The van der Waals surface area contributed by atoms with Crippen molar-refractivity contribution >= 4 is 22.6 Å². The molecule has 3 aromatic rings. The molecule has 0 saturated heterocycles. The molecule has 1 amide bonds. The monoisotopic (exact) mass is 336 g/mol. The average molecular weight is 336 g/mol. The van der Waals surface area contributed by atoms with Crippen LogP contribution >= 0.6 is 0 Å². The van der Waals surface area contributed by atoms with Crippen molar-refractivity contribution < 1.29 is 14.3 Å². The lowest BCUT2D eigenvalue weighted by atomic mass is 10.1. The van der Waals surface area contributed by atoms with Crippen LogP contribution in [0.3, 0.4) is 0 Å². The first-order chi connectivity index (χ1) is 12.2. The largest absolute Gasteiger partial charge is 0.383 e. The molecule has 0 fully saturated rings. The lowest BCUT2D eigenvalue weighted by molar-refractivity contribution is 0.0905. The molecule has 25 heavy (non-hydrogen) atoms. The van der Waals surface area contributed by atoms with Gasteiger partial charge < -0.3 is 14.6 Å². The quantitative estimate of drug-likeness (QED) is 0.675. The van der Waals surface area contributed by atoms with Crippen molar-refractivity contribution in [3.63, 3.8) is 0 Å². The summed E-state index contributed by atoms with van der Waals surface area (Å²) in [6.07, 6.45) is 1.94. The summed E-state index contributed by atoms with van der Waals surface area (Å²) in [7, 11) is 1.66. The van der Waals surface area contributed by atoms with Crippen molar-refractivity contribution in [3.05, 3.63) is 71.9 Å². The fourth-order valence-corrected chi connectivity index (χ4v) is 2.79. The van der Waals surface area contributed by atoms with Crippen molar-refractivity contribution in [2.45, 2.75) is 6.54 Å². The van der Waals surface area contributed by atoms with Crippen LogP contribution in [0.25, 0.3) is 10.9 Å². The van der Waals surface area contributed by atoms with Gasteiger partial charge in [0.1, 0.15) is 0 Å². The highest BCUT2D eigenvalue weighted by Gasteiger charge is 2.14. The normalized spacial score (nSPS) is 10.8. The van der Waals surface area contributed by atoms with E-state index in [2.05, 4.69) is 5.32 Å². The van der Waals surface area contributed by atoms with E-state index in [0.29, 0.717) is 17.7 Å². The minimum absolute atomic E-state index is 0.0242. The molecule has 0 radical (unpaired) electrons. The Hall–Kier alpha value is -2.92. The molecule has 1 heterocycles. The smallest absolute Gasteiger partial charge is 0.252 e. The molecule has 1 aromatic heterocycles. The number of Topliss-reactive ketones (excluding diaryl/α,β-unsaturated/α-hetero) is 1. The highest BCUT2D eigenvalue weighted by molar-refractivity contribution is 6.08. The van der Waals surface area contributed by atoms with Crippen molar-refractivity contribution in [2.75, 3.05) is 20.3 Å². The van der Waals surface area contributed by atoms with Gasteiger partial charge in [0.05, 0.1) is 13.2 Å². The third-order valence-electron chi connectivity index (χ3n) is 4.10. The summed E-state index contributed by atoms with van der Waals surface area (Å²) >= 11 is 0. The number of carbonyl (C=O) groups excluding carboxylic acids is 2. The van der Waals surface area contributed by atoms with Gasteiger partial charge >= 0.3 is 0 Å². The lowest BCUT2D eigenvalue weighted by Gasteiger charge is -2.08. The van der Waals surface area contributed by atoms with E-state index in [1.54, 1.807) is 37.4 Å². The van der Waals surface area contributed by atoms with Crippen LogP contribution in [0.2, 0.25) is 0 Å². The summed E-state index contributed by atoms with van der Waals surface area (Å²) < 4.78 is 7.16. The van der Waals surface area contributed by atoms with Crippen molar-refractivity contribution in [1.29, 1.82) is 0 Å². The Balaban J connectivity index is 1.74. The van der Waals surface area contributed by atoms with Crippen molar-refractivity contribution in [2.24, 2.45) is 0 Å². The van der Waals surface area contributed by atoms with E-state index in [9.17, 15) is 9.59 Å². The second kappa shape index (κ2) is 7.77. The third kappa shape index (κ3) is 3.78. The molecule has 0 spiro atoms. The van der Waals surface area contributed by atoms with Gasteiger partial charge in [0.25, 0.3) is 5.91 Å². The van der Waals surface area contributed by atoms with Gasteiger partial charge in [-0.25, -0.2) is 0 Å². The molecular weight excluding hydrogens is 316 g/mol. The molecule has 0 atom stereocenters. The number of carbonyl (C=O) groups is 2. The average Bonchev–Trinajstić information content (AvgIpc) is 3.08. The number of hydrogen-bond donors (Lipinski definition) is 1. The van der Waals surface area contributed by atoms with E-state index in [4.69, 9.17) is 4.74 Å². The van der Waals surface area contributed by atoms with Crippen molar-refractivity contribution in [1.82, 2.24) is 9.88 Å². The lowest BCUT2D eigenvalue weighted by Crippen LogP contribution is -2.29. The number of hydrogen-bond acceptors (Lipinski definition) is 3. The number of aromatic nitrogens is 1. The Morgan fingerprint density at radius 3 is 2.60 bits per heavy atom. The maximum absolute atomic E-state index is 12.5. The van der Waals surface area contributed by atoms with Gasteiger partial charge in [0.2, 0.25) is 0 Å². The van der Waals surface area contributed by atoms with Gasteiger partial charge in [-0.15, -0.1) is 0 Å². The van der Waals surface area contributed by atoms with Gasteiger partial charge in [0, 0.05) is 41.9 Å². The Labute approximate surface area is 146 Å². The zero-order valence-corrected chi connectivity index (χ0v) is 14.1. The minimum Gasteiger partial charge on any atom is -0.383 e. The van der Waals surface area contributed by atoms with Crippen LogP contribution in [0.15, 0.2) is 60.8 Å². The number of rotatable bonds is 7. The molecule has 0 saturated carbocycles. The van der Waals surface area contributed by atoms with E-state index < -0.39 is 0 Å². The maximum Gasteiger partial charge on any atom is 0.252 e. The Bertz CT molecular complexity index is 884. The Kier molecular flexibility index (Phi) is 5.26. The van der Waals surface area contributed by atoms with Gasteiger partial charge in [-0.2, -0.15) is 0 Å². The Morgan fingerprint density at radius 2 is 1.84 bits per heavy atom. The molecule has 0 unspecified atom stereocenters. The first-order valence-electron chi connectivity index (χ1n) is 8.14.